The molecular weight excluding hydrogens is 312 g/mol. The first-order chi connectivity index (χ1) is 12.6. The Kier molecular flexibility index (Phi) is 10.8. The molecule has 0 radical (unpaired) electrons. The zero-order valence-corrected chi connectivity index (χ0v) is 17.1. The van der Waals surface area contributed by atoms with Gasteiger partial charge in [0.2, 0.25) is 0 Å². The Morgan fingerprint density at radius 1 is 0.462 bits per heavy atom. The van der Waals surface area contributed by atoms with Gasteiger partial charge in [0.1, 0.15) is 0 Å². The predicted molar refractivity (Wildman–Crippen MR) is 117 cm³/mol. The van der Waals surface area contributed by atoms with Gasteiger partial charge in [0, 0.05) is 0 Å². The van der Waals surface area contributed by atoms with Crippen molar-refractivity contribution in [1.29, 1.82) is 0 Å². The van der Waals surface area contributed by atoms with E-state index in [0.29, 0.717) is 0 Å². The highest BCUT2D eigenvalue weighted by Crippen LogP contribution is 2.03. The minimum absolute atomic E-state index is 1.14. The summed E-state index contributed by atoms with van der Waals surface area (Å²) in [6, 6.07) is 27.7. The Labute approximate surface area is 160 Å². The molecule has 0 nitrogen and oxygen atoms in total. The zero-order valence-electron chi connectivity index (χ0n) is 17.1. The highest BCUT2D eigenvalue weighted by Gasteiger charge is 1.86. The number of rotatable bonds is 3. The number of aryl methyl sites for hydroxylation is 5. The molecule has 0 unspecified atom stereocenters. The third-order valence-corrected chi connectivity index (χ3v) is 4.27. The normalized spacial score (nSPS) is 9.42. The minimum atomic E-state index is 1.14. The van der Waals surface area contributed by atoms with Gasteiger partial charge in [-0.05, 0) is 49.8 Å². The summed E-state index contributed by atoms with van der Waals surface area (Å²) in [7, 11) is 0. The van der Waals surface area contributed by atoms with Crippen molar-refractivity contribution in [2.24, 2.45) is 0 Å². The molecule has 0 fully saturated rings. The molecule has 138 valence electrons. The summed E-state index contributed by atoms with van der Waals surface area (Å²) in [6.45, 7) is 10.7. The molecule has 0 saturated heterocycles. The van der Waals surface area contributed by atoms with E-state index in [0.717, 1.165) is 19.3 Å². The van der Waals surface area contributed by atoms with Crippen molar-refractivity contribution in [3.63, 3.8) is 0 Å². The van der Waals surface area contributed by atoms with Gasteiger partial charge in [0.05, 0.1) is 0 Å². The maximum atomic E-state index is 2.22. The smallest absolute Gasteiger partial charge is 0.0307 e. The molecule has 0 atom stereocenters. The van der Waals surface area contributed by atoms with E-state index >= 15 is 0 Å². The first-order valence-corrected chi connectivity index (χ1v) is 9.74. The van der Waals surface area contributed by atoms with Crippen LogP contribution in [0.3, 0.4) is 0 Å². The van der Waals surface area contributed by atoms with Crippen molar-refractivity contribution < 1.29 is 0 Å². The molecule has 0 aliphatic carbocycles. The Hall–Kier alpha value is -2.34. The van der Waals surface area contributed by atoms with Crippen LogP contribution in [0.5, 0.6) is 0 Å². The molecule has 0 aliphatic rings. The van der Waals surface area contributed by atoms with E-state index in [1.165, 1.54) is 27.8 Å². The Bertz CT molecular complexity index is 709. The van der Waals surface area contributed by atoms with E-state index in [4.69, 9.17) is 0 Å². The molecule has 0 heterocycles. The molecule has 26 heavy (non-hydrogen) atoms. The van der Waals surface area contributed by atoms with Crippen LogP contribution in [0.4, 0.5) is 0 Å². The van der Waals surface area contributed by atoms with Crippen molar-refractivity contribution in [2.45, 2.75) is 53.9 Å². The quantitative estimate of drug-likeness (QED) is 0.464. The minimum Gasteiger partial charge on any atom is -0.0622 e. The topological polar surface area (TPSA) is 0 Å². The molecule has 3 aromatic carbocycles. The third-order valence-electron chi connectivity index (χ3n) is 4.27. The largest absolute Gasteiger partial charge is 0.0622 e. The fourth-order valence-electron chi connectivity index (χ4n) is 2.47. The van der Waals surface area contributed by atoms with E-state index in [1.807, 2.05) is 6.07 Å². The molecule has 3 rings (SSSR count). The second-order valence-electron chi connectivity index (χ2n) is 6.52. The fourth-order valence-corrected chi connectivity index (χ4v) is 2.47. The van der Waals surface area contributed by atoms with Crippen LogP contribution in [0.1, 0.15) is 48.6 Å². The monoisotopic (exact) mass is 346 g/mol. The predicted octanol–water partition coefficient (Wildman–Crippen LogP) is 7.36. The lowest BCUT2D eigenvalue weighted by Gasteiger charge is -1.95. The van der Waals surface area contributed by atoms with E-state index in [-0.39, 0.29) is 0 Å². The average Bonchev–Trinajstić information content (AvgIpc) is 2.70. The first kappa shape index (κ1) is 21.7. The molecular formula is C26H34. The summed E-state index contributed by atoms with van der Waals surface area (Å²) in [5.41, 5.74) is 6.95. The van der Waals surface area contributed by atoms with Gasteiger partial charge in [-0.25, -0.2) is 0 Å². The highest BCUT2D eigenvalue weighted by atomic mass is 13.9. The van der Waals surface area contributed by atoms with Crippen LogP contribution >= 0.6 is 0 Å². The van der Waals surface area contributed by atoms with Crippen LogP contribution in [0.25, 0.3) is 0 Å². The standard InChI is InChI=1S/2C9H12.C8H10/c1-3-9-6-4-8(2)5-7-9;1-3-9-6-4-5-8(2)7-9;1-2-8-6-4-3-5-7-8/h2*4-7H,3H2,1-2H3;3-7H,2H2,1H3. The van der Waals surface area contributed by atoms with Gasteiger partial charge in [0.25, 0.3) is 0 Å². The van der Waals surface area contributed by atoms with E-state index in [1.54, 1.807) is 0 Å². The summed E-state index contributed by atoms with van der Waals surface area (Å²) in [6.07, 6.45) is 3.42. The maximum Gasteiger partial charge on any atom is -0.0307 e. The maximum absolute atomic E-state index is 2.22. The van der Waals surface area contributed by atoms with Crippen LogP contribution in [0.15, 0.2) is 78.9 Å². The lowest BCUT2D eigenvalue weighted by atomic mass is 10.1. The van der Waals surface area contributed by atoms with E-state index in [2.05, 4.69) is 107 Å². The molecule has 3 aromatic rings. The molecule has 0 heteroatoms. The number of hydrogen-bond acceptors (Lipinski definition) is 0. The van der Waals surface area contributed by atoms with Gasteiger partial charge in [-0.2, -0.15) is 0 Å². The van der Waals surface area contributed by atoms with Crippen molar-refractivity contribution >= 4 is 0 Å². The highest BCUT2D eigenvalue weighted by molar-refractivity contribution is 5.22. The van der Waals surface area contributed by atoms with Gasteiger partial charge >= 0.3 is 0 Å². The Morgan fingerprint density at radius 3 is 1.38 bits per heavy atom. The average molecular weight is 347 g/mol. The first-order valence-electron chi connectivity index (χ1n) is 9.74. The zero-order chi connectivity index (χ0) is 19.2. The van der Waals surface area contributed by atoms with Crippen molar-refractivity contribution in [3.8, 4) is 0 Å². The third kappa shape index (κ3) is 9.22. The molecule has 0 bridgehead atoms. The van der Waals surface area contributed by atoms with Crippen LogP contribution in [0.2, 0.25) is 0 Å². The van der Waals surface area contributed by atoms with Gasteiger partial charge in [-0.15, -0.1) is 0 Å². The summed E-state index contributed by atoms with van der Waals surface area (Å²) in [4.78, 5) is 0. The second-order valence-corrected chi connectivity index (χ2v) is 6.52. The molecule has 0 spiro atoms. The number of benzene rings is 3. The van der Waals surface area contributed by atoms with Gasteiger partial charge < -0.3 is 0 Å². The van der Waals surface area contributed by atoms with Gasteiger partial charge in [-0.1, -0.05) is 111 Å². The van der Waals surface area contributed by atoms with E-state index < -0.39 is 0 Å². The van der Waals surface area contributed by atoms with Crippen molar-refractivity contribution in [3.05, 3.63) is 107 Å². The Balaban J connectivity index is 0.000000195. The van der Waals surface area contributed by atoms with Crippen LogP contribution < -0.4 is 0 Å². The van der Waals surface area contributed by atoms with Crippen LogP contribution in [-0.4, -0.2) is 0 Å². The molecule has 0 aromatic heterocycles. The summed E-state index contributed by atoms with van der Waals surface area (Å²) in [5, 5.41) is 0. The Morgan fingerprint density at radius 2 is 0.962 bits per heavy atom. The lowest BCUT2D eigenvalue weighted by Crippen LogP contribution is -1.78. The summed E-state index contributed by atoms with van der Waals surface area (Å²) in [5.74, 6) is 0. The van der Waals surface area contributed by atoms with Gasteiger partial charge in [-0.3, -0.25) is 0 Å². The fraction of sp³-hybridized carbons (Fsp3) is 0.308. The molecule has 0 amide bonds. The van der Waals surface area contributed by atoms with Gasteiger partial charge in [0.15, 0.2) is 0 Å². The van der Waals surface area contributed by atoms with Crippen molar-refractivity contribution in [2.75, 3.05) is 0 Å². The molecule has 0 N–H and O–H groups in total. The number of hydrogen-bond donors (Lipinski definition) is 0. The molecule has 0 saturated carbocycles. The summed E-state index contributed by atoms with van der Waals surface area (Å²) >= 11 is 0. The lowest BCUT2D eigenvalue weighted by molar-refractivity contribution is 1.13. The van der Waals surface area contributed by atoms with Crippen LogP contribution in [0, 0.1) is 13.8 Å². The molecule has 0 aliphatic heterocycles. The van der Waals surface area contributed by atoms with Crippen LogP contribution in [-0.2, 0) is 19.3 Å². The second kappa shape index (κ2) is 12.9. The summed E-state index contributed by atoms with van der Waals surface area (Å²) < 4.78 is 0. The van der Waals surface area contributed by atoms with Crippen molar-refractivity contribution in [1.82, 2.24) is 0 Å². The van der Waals surface area contributed by atoms with E-state index in [9.17, 15) is 0 Å². The SMILES string of the molecule is CCc1ccc(C)cc1.CCc1cccc(C)c1.CCc1ccccc1.